The van der Waals surface area contributed by atoms with E-state index in [9.17, 15) is 0 Å². The van der Waals surface area contributed by atoms with Gasteiger partial charge in [-0.15, -0.1) is 0 Å². The first-order valence-electron chi connectivity index (χ1n) is 7.03. The second-order valence-electron chi connectivity index (χ2n) is 5.31. The first-order valence-corrected chi connectivity index (χ1v) is 7.03. The topological polar surface area (TPSA) is 55.0 Å². The molecule has 0 amide bonds. The third-order valence-electron chi connectivity index (χ3n) is 4.13. The lowest BCUT2D eigenvalue weighted by Crippen LogP contribution is -2.34. The van der Waals surface area contributed by atoms with Gasteiger partial charge in [-0.1, -0.05) is 13.3 Å². The summed E-state index contributed by atoms with van der Waals surface area (Å²) in [4.78, 5) is 11.2. The average Bonchev–Trinajstić information content (AvgIpc) is 2.47. The second-order valence-corrected chi connectivity index (χ2v) is 5.31. The molecule has 1 saturated heterocycles. The smallest absolute Gasteiger partial charge is 0.139 e. The number of nitrogen functional groups attached to an aromatic ring is 1. The maximum absolute atomic E-state index is 5.89. The van der Waals surface area contributed by atoms with Crippen LogP contribution in [-0.2, 0) is 0 Å². The van der Waals surface area contributed by atoms with E-state index < -0.39 is 0 Å². The first kappa shape index (κ1) is 12.2. The minimum absolute atomic E-state index is 0.770. The molecule has 1 aliphatic rings. The van der Waals surface area contributed by atoms with Gasteiger partial charge in [0.1, 0.15) is 12.1 Å². The molecule has 0 saturated carbocycles. The van der Waals surface area contributed by atoms with Gasteiger partial charge in [0.05, 0.1) is 5.52 Å². The van der Waals surface area contributed by atoms with Crippen molar-refractivity contribution < 1.29 is 0 Å². The summed E-state index contributed by atoms with van der Waals surface area (Å²) in [5, 5.41) is 1.07. The summed E-state index contributed by atoms with van der Waals surface area (Å²) in [6, 6.07) is 5.84. The normalized spacial score (nSPS) is 17.0. The molecule has 2 aromatic rings. The molecule has 2 heterocycles. The average molecular weight is 256 g/mol. The Morgan fingerprint density at radius 3 is 2.79 bits per heavy atom. The highest BCUT2D eigenvalue weighted by atomic mass is 15.2. The molecule has 0 spiro atoms. The van der Waals surface area contributed by atoms with E-state index in [-0.39, 0.29) is 0 Å². The Balaban J connectivity index is 1.94. The van der Waals surface area contributed by atoms with Crippen LogP contribution >= 0.6 is 0 Å². The molecular weight excluding hydrogens is 236 g/mol. The van der Waals surface area contributed by atoms with Crippen LogP contribution in [0.4, 0.5) is 11.5 Å². The zero-order valence-electron chi connectivity index (χ0n) is 11.3. The summed E-state index contributed by atoms with van der Waals surface area (Å²) in [6.07, 6.45) is 5.44. The lowest BCUT2D eigenvalue weighted by atomic mass is 9.94. The number of nitrogens with zero attached hydrogens (tertiary/aromatic N) is 3. The minimum Gasteiger partial charge on any atom is -0.399 e. The molecule has 1 fully saturated rings. The Morgan fingerprint density at radius 1 is 1.26 bits per heavy atom. The molecule has 4 heteroatoms. The zero-order chi connectivity index (χ0) is 13.2. The van der Waals surface area contributed by atoms with E-state index in [0.717, 1.165) is 41.4 Å². The molecule has 0 unspecified atom stereocenters. The van der Waals surface area contributed by atoms with Crippen molar-refractivity contribution in [2.45, 2.75) is 26.2 Å². The number of piperidine rings is 1. The standard InChI is InChI=1S/C15H20N4/c1-2-11-5-7-19(8-6-11)15-13-9-12(16)3-4-14(13)17-10-18-15/h3-4,9-11H,2,5-8,16H2,1H3. The van der Waals surface area contributed by atoms with E-state index >= 15 is 0 Å². The summed E-state index contributed by atoms with van der Waals surface area (Å²) in [6.45, 7) is 4.44. The highest BCUT2D eigenvalue weighted by Gasteiger charge is 2.20. The molecule has 100 valence electrons. The molecule has 0 radical (unpaired) electrons. The number of aromatic nitrogens is 2. The minimum atomic E-state index is 0.770. The Bertz CT molecular complexity index is 573. The predicted octanol–water partition coefficient (Wildman–Crippen LogP) is 2.84. The highest BCUT2D eigenvalue weighted by Crippen LogP contribution is 2.29. The fourth-order valence-corrected chi connectivity index (χ4v) is 2.87. The zero-order valence-corrected chi connectivity index (χ0v) is 11.3. The van der Waals surface area contributed by atoms with E-state index in [1.54, 1.807) is 6.33 Å². The number of nitrogens with two attached hydrogens (primary N) is 1. The van der Waals surface area contributed by atoms with Gasteiger partial charge in [-0.3, -0.25) is 0 Å². The molecular formula is C15H20N4. The van der Waals surface area contributed by atoms with Gasteiger partial charge in [-0.25, -0.2) is 9.97 Å². The van der Waals surface area contributed by atoms with Crippen LogP contribution < -0.4 is 10.6 Å². The quantitative estimate of drug-likeness (QED) is 0.839. The number of hydrogen-bond acceptors (Lipinski definition) is 4. The fourth-order valence-electron chi connectivity index (χ4n) is 2.87. The third kappa shape index (κ3) is 2.35. The molecule has 0 aliphatic carbocycles. The number of rotatable bonds is 2. The second kappa shape index (κ2) is 5.03. The van der Waals surface area contributed by atoms with Gasteiger partial charge in [0.2, 0.25) is 0 Å². The Kier molecular flexibility index (Phi) is 3.23. The van der Waals surface area contributed by atoms with Gasteiger partial charge in [0.25, 0.3) is 0 Å². The van der Waals surface area contributed by atoms with Crippen molar-refractivity contribution in [1.29, 1.82) is 0 Å². The van der Waals surface area contributed by atoms with Crippen LogP contribution in [0.15, 0.2) is 24.5 Å². The summed E-state index contributed by atoms with van der Waals surface area (Å²) in [5.74, 6) is 1.90. The van der Waals surface area contributed by atoms with E-state index in [4.69, 9.17) is 5.73 Å². The van der Waals surface area contributed by atoms with Gasteiger partial charge in [0, 0.05) is 24.2 Å². The molecule has 4 nitrogen and oxygen atoms in total. The largest absolute Gasteiger partial charge is 0.399 e. The van der Waals surface area contributed by atoms with Crippen LogP contribution in [0.1, 0.15) is 26.2 Å². The molecule has 1 aromatic heterocycles. The summed E-state index contributed by atoms with van der Waals surface area (Å²) >= 11 is 0. The molecule has 1 aromatic carbocycles. The molecule has 0 bridgehead atoms. The number of anilines is 2. The predicted molar refractivity (Wildman–Crippen MR) is 79.2 cm³/mol. The van der Waals surface area contributed by atoms with Crippen molar-refractivity contribution in [2.75, 3.05) is 23.7 Å². The van der Waals surface area contributed by atoms with Crippen molar-refractivity contribution in [3.05, 3.63) is 24.5 Å². The van der Waals surface area contributed by atoms with Crippen LogP contribution in [0.25, 0.3) is 10.9 Å². The van der Waals surface area contributed by atoms with Crippen LogP contribution in [0.5, 0.6) is 0 Å². The Hall–Kier alpha value is -1.84. The van der Waals surface area contributed by atoms with E-state index in [0.29, 0.717) is 0 Å². The first-order chi connectivity index (χ1) is 9.28. The maximum Gasteiger partial charge on any atom is 0.139 e. The Morgan fingerprint density at radius 2 is 2.05 bits per heavy atom. The lowest BCUT2D eigenvalue weighted by molar-refractivity contribution is 0.394. The number of fused-ring (bicyclic) bond motifs is 1. The van der Waals surface area contributed by atoms with Gasteiger partial charge < -0.3 is 10.6 Å². The van der Waals surface area contributed by atoms with Gasteiger partial charge in [0.15, 0.2) is 0 Å². The SMILES string of the molecule is CCC1CCN(c2ncnc3ccc(N)cc23)CC1. The monoisotopic (exact) mass is 256 g/mol. The summed E-state index contributed by atoms with van der Waals surface area (Å²) < 4.78 is 0. The maximum atomic E-state index is 5.89. The molecule has 19 heavy (non-hydrogen) atoms. The van der Waals surface area contributed by atoms with Crippen LogP contribution in [0.2, 0.25) is 0 Å². The van der Waals surface area contributed by atoms with E-state index in [1.807, 2.05) is 18.2 Å². The fraction of sp³-hybridized carbons (Fsp3) is 0.467. The van der Waals surface area contributed by atoms with Crippen LogP contribution in [-0.4, -0.2) is 23.1 Å². The van der Waals surface area contributed by atoms with Crippen molar-refractivity contribution in [1.82, 2.24) is 9.97 Å². The summed E-state index contributed by atoms with van der Waals surface area (Å²) in [7, 11) is 0. The van der Waals surface area contributed by atoms with E-state index in [1.165, 1.54) is 19.3 Å². The highest BCUT2D eigenvalue weighted by molar-refractivity contribution is 5.91. The Labute approximate surface area is 113 Å². The van der Waals surface area contributed by atoms with Crippen LogP contribution in [0, 0.1) is 5.92 Å². The number of hydrogen-bond donors (Lipinski definition) is 1. The van der Waals surface area contributed by atoms with E-state index in [2.05, 4.69) is 21.8 Å². The van der Waals surface area contributed by atoms with Crippen molar-refractivity contribution in [3.8, 4) is 0 Å². The van der Waals surface area contributed by atoms with Crippen molar-refractivity contribution in [3.63, 3.8) is 0 Å². The van der Waals surface area contributed by atoms with Crippen LogP contribution in [0.3, 0.4) is 0 Å². The molecule has 0 atom stereocenters. The van der Waals surface area contributed by atoms with Gasteiger partial charge in [-0.05, 0) is 37.0 Å². The lowest BCUT2D eigenvalue weighted by Gasteiger charge is -2.32. The van der Waals surface area contributed by atoms with Crippen molar-refractivity contribution in [2.24, 2.45) is 5.92 Å². The number of benzene rings is 1. The molecule has 1 aliphatic heterocycles. The third-order valence-corrected chi connectivity index (χ3v) is 4.13. The summed E-state index contributed by atoms with van der Waals surface area (Å²) in [5.41, 5.74) is 7.63. The van der Waals surface area contributed by atoms with Gasteiger partial charge >= 0.3 is 0 Å². The van der Waals surface area contributed by atoms with Crippen molar-refractivity contribution >= 4 is 22.4 Å². The molecule has 2 N–H and O–H groups in total. The van der Waals surface area contributed by atoms with Gasteiger partial charge in [-0.2, -0.15) is 0 Å². The molecule has 3 rings (SSSR count).